The van der Waals surface area contributed by atoms with Gasteiger partial charge in [-0.3, -0.25) is 4.79 Å². The molecule has 1 saturated carbocycles. The Hall–Kier alpha value is -1.93. The molecule has 7 heterocycles. The van der Waals surface area contributed by atoms with E-state index in [0.717, 1.165) is 24.0 Å². The number of carbonyl (C=O) groups excluding carboxylic acids is 1. The molecule has 25 atom stereocenters. The zero-order valence-corrected chi connectivity index (χ0v) is 38.4. The first kappa shape index (κ1) is 49.1. The number of hydrogen-bond donors (Lipinski definition) is 7. The van der Waals surface area contributed by atoms with Gasteiger partial charge >= 0.3 is 5.97 Å². The van der Waals surface area contributed by atoms with Crippen LogP contribution in [0.2, 0.25) is 0 Å². The molecule has 9 rings (SSSR count). The van der Waals surface area contributed by atoms with Crippen molar-refractivity contribution in [1.29, 1.82) is 0 Å². The van der Waals surface area contributed by atoms with E-state index in [9.17, 15) is 40.5 Å². The van der Waals surface area contributed by atoms with E-state index in [4.69, 9.17) is 56.8 Å². The van der Waals surface area contributed by atoms with E-state index in [1.54, 1.807) is 27.0 Å². The van der Waals surface area contributed by atoms with Crippen LogP contribution in [0.3, 0.4) is 0 Å². The van der Waals surface area contributed by atoms with Crippen molar-refractivity contribution in [2.45, 2.75) is 215 Å². The Morgan fingerprint density at radius 1 is 0.758 bits per heavy atom. The maximum absolute atomic E-state index is 13.7. The van der Waals surface area contributed by atoms with Crippen LogP contribution in [0.4, 0.5) is 0 Å². The van der Waals surface area contributed by atoms with Gasteiger partial charge in [-0.05, 0) is 69.8 Å². The molecule has 374 valence electrons. The maximum Gasteiger partial charge on any atom is 0.309 e. The number of aliphatic hydroxyl groups excluding tert-OH is 7. The first-order chi connectivity index (χ1) is 31.4. The lowest BCUT2D eigenvalue weighted by Gasteiger charge is -2.52. The highest BCUT2D eigenvalue weighted by Crippen LogP contribution is 2.57. The lowest BCUT2D eigenvalue weighted by Crippen LogP contribution is -2.62. The van der Waals surface area contributed by atoms with E-state index in [0.29, 0.717) is 25.9 Å². The third-order valence-electron chi connectivity index (χ3n) is 16.1. The molecule has 0 aromatic rings. The number of esters is 1. The predicted octanol–water partition coefficient (Wildman–Crippen LogP) is 0.174. The molecule has 0 aromatic heterocycles. The first-order valence-corrected chi connectivity index (χ1v) is 23.8. The third kappa shape index (κ3) is 9.15. The highest BCUT2D eigenvalue weighted by atomic mass is 16.8. The van der Waals surface area contributed by atoms with Crippen LogP contribution in [0.5, 0.6) is 0 Å². The average Bonchev–Trinajstić information content (AvgIpc) is 3.79. The second-order valence-corrected chi connectivity index (χ2v) is 20.3. The van der Waals surface area contributed by atoms with Crippen LogP contribution in [0, 0.1) is 23.2 Å². The Morgan fingerprint density at radius 2 is 1.39 bits per heavy atom. The molecule has 0 amide bonds. The highest BCUT2D eigenvalue weighted by molar-refractivity contribution is 5.74. The lowest BCUT2D eigenvalue weighted by molar-refractivity contribution is -0.356. The normalized spacial score (nSPS) is 52.9. The smallest absolute Gasteiger partial charge is 0.309 e. The second kappa shape index (κ2) is 19.3. The molecule has 9 aliphatic rings. The number of hydrogen-bond acceptors (Lipinski definition) is 20. The van der Waals surface area contributed by atoms with E-state index in [1.165, 1.54) is 7.11 Å². The molecule has 0 spiro atoms. The summed E-state index contributed by atoms with van der Waals surface area (Å²) in [5.74, 6) is -1.59. The fourth-order valence-electron chi connectivity index (χ4n) is 12.4. The molecule has 7 N–H and O–H groups in total. The van der Waals surface area contributed by atoms with E-state index in [-0.39, 0.29) is 43.0 Å². The molecule has 0 bridgehead atoms. The number of fused-ring (bicyclic) bond motifs is 3. The molecule has 2 aliphatic carbocycles. The molecule has 20 nitrogen and oxygen atoms in total. The van der Waals surface area contributed by atoms with Gasteiger partial charge in [-0.2, -0.15) is 0 Å². The summed E-state index contributed by atoms with van der Waals surface area (Å²) >= 11 is 0. The Bertz CT molecular complexity index is 1760. The molecular formula is C46H70O20. The van der Waals surface area contributed by atoms with Crippen molar-refractivity contribution in [3.63, 3.8) is 0 Å². The van der Waals surface area contributed by atoms with Crippen molar-refractivity contribution in [3.05, 3.63) is 23.5 Å². The van der Waals surface area contributed by atoms with Crippen LogP contribution in [-0.4, -0.2) is 191 Å². The van der Waals surface area contributed by atoms with Gasteiger partial charge in [0.1, 0.15) is 48.8 Å². The van der Waals surface area contributed by atoms with Gasteiger partial charge in [0.2, 0.25) is 5.79 Å². The number of rotatable bonds is 10. The van der Waals surface area contributed by atoms with Gasteiger partial charge in [-0.1, -0.05) is 18.6 Å². The van der Waals surface area contributed by atoms with Crippen LogP contribution >= 0.6 is 0 Å². The van der Waals surface area contributed by atoms with Crippen LogP contribution < -0.4 is 0 Å². The fraction of sp³-hybridized carbons (Fsp3) is 0.891. The number of ether oxygens (including phenoxy) is 12. The summed E-state index contributed by atoms with van der Waals surface area (Å²) in [6.45, 7) is 8.94. The van der Waals surface area contributed by atoms with E-state index >= 15 is 0 Å². The fourth-order valence-corrected chi connectivity index (χ4v) is 12.4. The highest BCUT2D eigenvalue weighted by Gasteiger charge is 2.59. The first-order valence-electron chi connectivity index (χ1n) is 23.8. The molecule has 7 fully saturated rings. The minimum atomic E-state index is -1.61. The lowest BCUT2D eigenvalue weighted by atomic mass is 9.55. The zero-order valence-electron chi connectivity index (χ0n) is 38.4. The molecular weight excluding hydrogens is 872 g/mol. The molecule has 7 aliphatic heterocycles. The quantitative estimate of drug-likeness (QED) is 0.114. The Balaban J connectivity index is 0.757. The van der Waals surface area contributed by atoms with Gasteiger partial charge in [-0.25, -0.2) is 0 Å². The summed E-state index contributed by atoms with van der Waals surface area (Å²) < 4.78 is 72.7. The monoisotopic (exact) mass is 942 g/mol. The summed E-state index contributed by atoms with van der Waals surface area (Å²) in [6.07, 6.45) is -11.8. The maximum atomic E-state index is 13.7. The van der Waals surface area contributed by atoms with Crippen molar-refractivity contribution in [3.8, 4) is 0 Å². The largest absolute Gasteiger partial charge is 0.469 e. The van der Waals surface area contributed by atoms with Crippen molar-refractivity contribution in [2.75, 3.05) is 20.3 Å². The van der Waals surface area contributed by atoms with Crippen LogP contribution in [0.15, 0.2) is 23.5 Å². The van der Waals surface area contributed by atoms with Gasteiger partial charge in [-0.15, -0.1) is 0 Å². The van der Waals surface area contributed by atoms with Crippen LogP contribution in [0.25, 0.3) is 0 Å². The number of carbonyl (C=O) groups is 1. The second-order valence-electron chi connectivity index (χ2n) is 20.3. The SMILES string of the molecule is CO[C@@H]1C[C@H](O[C@H]2[C@@H](O)C[C@H](O[C@H]3[C@@H](O)C[C@H](O[C@@H]4CC5=CC[C@H]6C(=O)O[C@@H]7CO[C@]8(C)OC=C(CC[C@@H]6[C@@]5(C)C[C@H]4O)[C@H]78)O[C@@H]3C)O[C@@H]2C)O[C@@H](C)[C@@H]1O[C@@H]1O[C@H](CO)[C@H](O)[C@H](O)[C@H]1O. The van der Waals surface area contributed by atoms with Crippen molar-refractivity contribution >= 4 is 5.97 Å². The molecule has 0 aromatic carbocycles. The average molecular weight is 943 g/mol. The van der Waals surface area contributed by atoms with Gasteiger partial charge in [0.25, 0.3) is 0 Å². The van der Waals surface area contributed by atoms with Gasteiger partial charge in [0.15, 0.2) is 25.2 Å². The Morgan fingerprint density at radius 3 is 2.03 bits per heavy atom. The zero-order chi connectivity index (χ0) is 47.0. The summed E-state index contributed by atoms with van der Waals surface area (Å²) in [5, 5.41) is 74.9. The predicted molar refractivity (Wildman–Crippen MR) is 222 cm³/mol. The van der Waals surface area contributed by atoms with E-state index in [2.05, 4.69) is 13.0 Å². The van der Waals surface area contributed by atoms with Crippen LogP contribution in [0.1, 0.15) is 86.0 Å². The number of aliphatic hydroxyl groups is 7. The van der Waals surface area contributed by atoms with Gasteiger partial charge < -0.3 is 92.6 Å². The molecule has 6 saturated heterocycles. The Labute approximate surface area is 384 Å². The van der Waals surface area contributed by atoms with Gasteiger partial charge in [0.05, 0.1) is 80.1 Å². The van der Waals surface area contributed by atoms with Crippen LogP contribution in [-0.2, 0) is 61.6 Å². The molecule has 66 heavy (non-hydrogen) atoms. The number of methoxy groups -OCH3 is 1. The topological polar surface area (TPSA) is 269 Å². The van der Waals surface area contributed by atoms with E-state index in [1.807, 2.05) is 6.92 Å². The van der Waals surface area contributed by atoms with Crippen molar-refractivity contribution < 1.29 is 97.4 Å². The van der Waals surface area contributed by atoms with E-state index < -0.39 is 141 Å². The number of allylic oxidation sites excluding steroid dienone is 1. The minimum Gasteiger partial charge on any atom is -0.469 e. The Kier molecular flexibility index (Phi) is 14.4. The third-order valence-corrected chi connectivity index (χ3v) is 16.1. The summed E-state index contributed by atoms with van der Waals surface area (Å²) in [6, 6.07) is 0. The standard InChI is InChI=1S/C46H70O20/c1-19-40(64-34-13-27(49)41(20(2)59-34)65-35-14-30(55-6)42(21(3)60-35)66-44-39(53)38(52)37(51)31(16-47)63-44)26(48)12-33(58-19)61-29-11-23-8-9-24-25(45(23,4)15-28(29)50)10-7-22-17-56-46(5)36(22)32(18-57-46)62-43(24)54/h8,17,19-21,24-42,44,47-53H,7,9-16,18H2,1-6H3/t19-,20-,21+,24-,25+,26+,27+,28-,29-,30-,31-,32-,33+,34+,35+,36-,37+,38+,39-,40-,41-,42+,44+,45+,46+/m1/s1. The van der Waals surface area contributed by atoms with Crippen molar-refractivity contribution in [2.24, 2.45) is 23.2 Å². The van der Waals surface area contributed by atoms with Crippen molar-refractivity contribution in [1.82, 2.24) is 0 Å². The van der Waals surface area contributed by atoms with Gasteiger partial charge in [0, 0.05) is 33.3 Å². The molecule has 0 unspecified atom stereocenters. The molecule has 0 radical (unpaired) electrons. The molecule has 20 heteroatoms. The summed E-state index contributed by atoms with van der Waals surface area (Å²) in [4.78, 5) is 13.7. The summed E-state index contributed by atoms with van der Waals surface area (Å²) in [5.41, 5.74) is 1.77. The minimum absolute atomic E-state index is 0.0196. The summed E-state index contributed by atoms with van der Waals surface area (Å²) in [7, 11) is 1.47.